The third kappa shape index (κ3) is 4.73. The Balaban J connectivity index is 1.64. The lowest BCUT2D eigenvalue weighted by Gasteiger charge is -2.25. The Bertz CT molecular complexity index is 1060. The summed E-state index contributed by atoms with van der Waals surface area (Å²) in [5.74, 6) is 1.28. The highest BCUT2D eigenvalue weighted by Crippen LogP contribution is 2.40. The van der Waals surface area contributed by atoms with E-state index in [-0.39, 0.29) is 18.1 Å². The minimum atomic E-state index is -0.237. The van der Waals surface area contributed by atoms with Gasteiger partial charge in [0.05, 0.1) is 18.8 Å². The Morgan fingerprint density at radius 2 is 2.03 bits per heavy atom. The molecule has 3 aromatic rings. The zero-order chi connectivity index (χ0) is 21.8. The summed E-state index contributed by atoms with van der Waals surface area (Å²) in [4.78, 5) is 18.1. The lowest BCUT2D eigenvalue weighted by Crippen LogP contribution is -2.30. The minimum Gasteiger partial charge on any atom is -0.469 e. The maximum Gasteiger partial charge on any atom is 0.305 e. The standard InChI is InChI=1S/C23H22ClN3O3S/c1-29-20(28)6-4-14-27-22(21(26-23(27)31)17-5-2-3-13-25-17)19-12-11-18(30-19)15-7-9-16(24)10-8-15/h2-3,5,7-13,21-22H,4,6,14H2,1H3,(H,26,31)/t21-,22-/m0/s1. The van der Waals surface area contributed by atoms with Crippen LogP contribution in [0, 0.1) is 0 Å². The van der Waals surface area contributed by atoms with Crippen LogP contribution in [0.1, 0.15) is 36.4 Å². The van der Waals surface area contributed by atoms with Crippen LogP contribution in [0.4, 0.5) is 0 Å². The summed E-state index contributed by atoms with van der Waals surface area (Å²) in [7, 11) is 1.39. The van der Waals surface area contributed by atoms with Gasteiger partial charge >= 0.3 is 5.97 Å². The summed E-state index contributed by atoms with van der Waals surface area (Å²) in [6, 6.07) is 16.9. The van der Waals surface area contributed by atoms with Crippen molar-refractivity contribution >= 4 is 34.9 Å². The number of ether oxygens (including phenoxy) is 1. The molecule has 8 heteroatoms. The number of rotatable bonds is 7. The molecule has 1 aromatic carbocycles. The Labute approximate surface area is 191 Å². The molecule has 6 nitrogen and oxygen atoms in total. The van der Waals surface area contributed by atoms with Crippen LogP contribution in [0.5, 0.6) is 0 Å². The number of esters is 1. The smallest absolute Gasteiger partial charge is 0.305 e. The van der Waals surface area contributed by atoms with E-state index in [1.807, 2.05) is 54.6 Å². The van der Waals surface area contributed by atoms with Crippen molar-refractivity contribution in [2.24, 2.45) is 0 Å². The van der Waals surface area contributed by atoms with Crippen LogP contribution in [0.3, 0.4) is 0 Å². The highest BCUT2D eigenvalue weighted by atomic mass is 35.5. The second-order valence-corrected chi connectivity index (χ2v) is 8.03. The fourth-order valence-electron chi connectivity index (χ4n) is 3.73. The molecule has 0 unspecified atom stereocenters. The van der Waals surface area contributed by atoms with Gasteiger partial charge in [-0.05, 0) is 67.2 Å². The molecule has 1 fully saturated rings. The Morgan fingerprint density at radius 3 is 2.74 bits per heavy atom. The van der Waals surface area contributed by atoms with Gasteiger partial charge in [-0.1, -0.05) is 17.7 Å². The third-order valence-electron chi connectivity index (χ3n) is 5.25. The van der Waals surface area contributed by atoms with E-state index in [1.54, 1.807) is 6.20 Å². The number of thiocarbonyl (C=S) groups is 1. The maximum atomic E-state index is 11.6. The summed E-state index contributed by atoms with van der Waals surface area (Å²) < 4.78 is 11.0. The normalized spacial score (nSPS) is 18.1. The number of nitrogens with one attached hydrogen (secondary N) is 1. The molecule has 1 aliphatic heterocycles. The molecule has 0 spiro atoms. The average Bonchev–Trinajstić information content (AvgIpc) is 3.39. The molecular weight excluding hydrogens is 434 g/mol. The van der Waals surface area contributed by atoms with Crippen LogP contribution in [0.2, 0.25) is 5.02 Å². The van der Waals surface area contributed by atoms with Crippen LogP contribution in [-0.2, 0) is 9.53 Å². The summed E-state index contributed by atoms with van der Waals surface area (Å²) >= 11 is 11.6. The predicted octanol–water partition coefficient (Wildman–Crippen LogP) is 4.92. The van der Waals surface area contributed by atoms with Crippen LogP contribution >= 0.6 is 23.8 Å². The molecule has 4 rings (SSSR count). The zero-order valence-corrected chi connectivity index (χ0v) is 18.5. The van der Waals surface area contributed by atoms with E-state index >= 15 is 0 Å². The summed E-state index contributed by atoms with van der Waals surface area (Å²) in [6.07, 6.45) is 2.70. The predicted molar refractivity (Wildman–Crippen MR) is 123 cm³/mol. The van der Waals surface area contributed by atoms with Crippen molar-refractivity contribution in [1.82, 2.24) is 15.2 Å². The lowest BCUT2D eigenvalue weighted by molar-refractivity contribution is -0.140. The molecule has 2 aromatic heterocycles. The van der Waals surface area contributed by atoms with Crippen LogP contribution < -0.4 is 5.32 Å². The Kier molecular flexibility index (Phi) is 6.53. The van der Waals surface area contributed by atoms with E-state index in [1.165, 1.54) is 7.11 Å². The van der Waals surface area contributed by atoms with Crippen molar-refractivity contribution in [3.8, 4) is 11.3 Å². The lowest BCUT2D eigenvalue weighted by atomic mass is 10.0. The Hall–Kier alpha value is -2.90. The number of benzene rings is 1. The first-order valence-electron chi connectivity index (χ1n) is 9.97. The molecule has 0 bridgehead atoms. The first kappa shape index (κ1) is 21.3. The number of nitrogens with zero attached hydrogens (tertiary/aromatic N) is 2. The maximum absolute atomic E-state index is 11.6. The van der Waals surface area contributed by atoms with Crippen molar-refractivity contribution in [1.29, 1.82) is 0 Å². The number of halogens is 1. The monoisotopic (exact) mass is 455 g/mol. The van der Waals surface area contributed by atoms with Gasteiger partial charge in [0, 0.05) is 29.7 Å². The van der Waals surface area contributed by atoms with Crippen molar-refractivity contribution in [2.75, 3.05) is 13.7 Å². The number of hydrogen-bond acceptors (Lipinski definition) is 5. The molecule has 0 amide bonds. The zero-order valence-electron chi connectivity index (χ0n) is 17.0. The van der Waals surface area contributed by atoms with Crippen molar-refractivity contribution in [3.05, 3.63) is 77.3 Å². The molecule has 0 radical (unpaired) electrons. The van der Waals surface area contributed by atoms with Gasteiger partial charge in [-0.3, -0.25) is 9.78 Å². The number of aromatic nitrogens is 1. The number of hydrogen-bond donors (Lipinski definition) is 1. The van der Waals surface area contributed by atoms with Gasteiger partial charge in [0.2, 0.25) is 0 Å². The third-order valence-corrected chi connectivity index (χ3v) is 5.86. The van der Waals surface area contributed by atoms with E-state index in [2.05, 4.69) is 15.2 Å². The van der Waals surface area contributed by atoms with Gasteiger partial charge in [0.1, 0.15) is 17.6 Å². The first-order chi connectivity index (χ1) is 15.1. The van der Waals surface area contributed by atoms with Gasteiger partial charge in [-0.2, -0.15) is 0 Å². The van der Waals surface area contributed by atoms with E-state index in [0.29, 0.717) is 29.5 Å². The van der Waals surface area contributed by atoms with Gasteiger partial charge in [-0.25, -0.2) is 0 Å². The topological polar surface area (TPSA) is 67.6 Å². The van der Waals surface area contributed by atoms with Gasteiger partial charge < -0.3 is 19.4 Å². The minimum absolute atomic E-state index is 0.170. The molecule has 0 saturated carbocycles. The fraction of sp³-hybridized carbons (Fsp3) is 0.261. The number of methoxy groups -OCH3 is 1. The van der Waals surface area contributed by atoms with Crippen molar-refractivity contribution in [3.63, 3.8) is 0 Å². The van der Waals surface area contributed by atoms with Gasteiger partial charge in [-0.15, -0.1) is 0 Å². The summed E-state index contributed by atoms with van der Waals surface area (Å²) in [6.45, 7) is 0.589. The van der Waals surface area contributed by atoms with E-state index in [4.69, 9.17) is 33.0 Å². The number of pyridine rings is 1. The second kappa shape index (κ2) is 9.49. The van der Waals surface area contributed by atoms with Crippen LogP contribution in [0.15, 0.2) is 65.2 Å². The molecule has 1 saturated heterocycles. The van der Waals surface area contributed by atoms with Crippen LogP contribution in [-0.4, -0.2) is 34.6 Å². The molecule has 1 aliphatic rings. The number of furan rings is 1. The molecule has 1 N–H and O–H groups in total. The van der Waals surface area contributed by atoms with E-state index in [9.17, 15) is 4.79 Å². The number of carbonyl (C=O) groups excluding carboxylic acids is 1. The molecule has 160 valence electrons. The second-order valence-electron chi connectivity index (χ2n) is 7.21. The van der Waals surface area contributed by atoms with Gasteiger partial charge in [0.25, 0.3) is 0 Å². The average molecular weight is 456 g/mol. The molecular formula is C23H22ClN3O3S. The summed E-state index contributed by atoms with van der Waals surface area (Å²) in [5, 5.41) is 4.66. The highest BCUT2D eigenvalue weighted by Gasteiger charge is 2.41. The quantitative estimate of drug-likeness (QED) is 0.400. The molecule has 2 atom stereocenters. The Morgan fingerprint density at radius 1 is 1.23 bits per heavy atom. The van der Waals surface area contributed by atoms with Gasteiger partial charge in [0.15, 0.2) is 5.11 Å². The molecule has 31 heavy (non-hydrogen) atoms. The van der Waals surface area contributed by atoms with E-state index in [0.717, 1.165) is 22.8 Å². The SMILES string of the molecule is COC(=O)CCCN1C(=S)N[C@@H](c2ccccn2)[C@@H]1c1ccc(-c2ccc(Cl)cc2)o1. The number of carbonyl (C=O) groups is 1. The van der Waals surface area contributed by atoms with Crippen LogP contribution in [0.25, 0.3) is 11.3 Å². The van der Waals surface area contributed by atoms with Crippen molar-refractivity contribution < 1.29 is 13.9 Å². The first-order valence-corrected chi connectivity index (χ1v) is 10.8. The largest absolute Gasteiger partial charge is 0.469 e. The molecule has 0 aliphatic carbocycles. The highest BCUT2D eigenvalue weighted by molar-refractivity contribution is 7.80. The fourth-order valence-corrected chi connectivity index (χ4v) is 4.19. The summed E-state index contributed by atoms with van der Waals surface area (Å²) in [5.41, 5.74) is 1.81. The van der Waals surface area contributed by atoms with Crippen molar-refractivity contribution in [2.45, 2.75) is 24.9 Å². The molecule has 3 heterocycles. The van der Waals surface area contributed by atoms with E-state index < -0.39 is 0 Å².